The topological polar surface area (TPSA) is 29.3 Å². The summed E-state index contributed by atoms with van der Waals surface area (Å²) in [4.78, 5) is 2.53. The van der Waals surface area contributed by atoms with Crippen LogP contribution in [0.3, 0.4) is 0 Å². The number of nitrogens with zero attached hydrogens (tertiary/aromatic N) is 1. The molecule has 1 atom stereocenters. The van der Waals surface area contributed by atoms with E-state index in [2.05, 4.69) is 30.9 Å². The summed E-state index contributed by atoms with van der Waals surface area (Å²) in [7, 11) is 0. The maximum atomic E-state index is 5.89. The molecule has 2 heteroatoms. The van der Waals surface area contributed by atoms with E-state index < -0.39 is 0 Å². The van der Waals surface area contributed by atoms with Crippen molar-refractivity contribution in [2.45, 2.75) is 45.6 Å². The predicted molar refractivity (Wildman–Crippen MR) is 70.9 cm³/mol. The van der Waals surface area contributed by atoms with E-state index in [9.17, 15) is 0 Å². The van der Waals surface area contributed by atoms with Crippen molar-refractivity contribution in [3.63, 3.8) is 0 Å². The van der Waals surface area contributed by atoms with E-state index >= 15 is 0 Å². The van der Waals surface area contributed by atoms with Crippen LogP contribution < -0.4 is 10.6 Å². The maximum absolute atomic E-state index is 5.89. The first-order valence-electron chi connectivity index (χ1n) is 6.37. The van der Waals surface area contributed by atoms with Crippen LogP contribution in [-0.2, 0) is 6.42 Å². The highest BCUT2D eigenvalue weighted by atomic mass is 15.2. The molecule has 1 unspecified atom stereocenters. The number of anilines is 2. The first kappa shape index (κ1) is 11.3. The zero-order valence-electron chi connectivity index (χ0n) is 10.4. The van der Waals surface area contributed by atoms with E-state index in [-0.39, 0.29) is 0 Å². The van der Waals surface area contributed by atoms with Gasteiger partial charge in [0.1, 0.15) is 0 Å². The molecule has 1 aromatic carbocycles. The lowest BCUT2D eigenvalue weighted by atomic mass is 9.98. The molecule has 0 bridgehead atoms. The highest BCUT2D eigenvalue weighted by Gasteiger charge is 2.20. The normalized spacial score (nSPS) is 17.0. The number of hydrogen-bond donors (Lipinski definition) is 1. The van der Waals surface area contributed by atoms with Gasteiger partial charge in [0, 0.05) is 24.0 Å². The Bertz CT molecular complexity index is 360. The third kappa shape index (κ3) is 2.16. The summed E-state index contributed by atoms with van der Waals surface area (Å²) >= 11 is 0. The summed E-state index contributed by atoms with van der Waals surface area (Å²) in [5.41, 5.74) is 9.60. The quantitative estimate of drug-likeness (QED) is 0.789. The zero-order chi connectivity index (χ0) is 11.5. The lowest BCUT2D eigenvalue weighted by Gasteiger charge is -2.36. The van der Waals surface area contributed by atoms with Crippen molar-refractivity contribution >= 4 is 11.4 Å². The van der Waals surface area contributed by atoms with Crippen LogP contribution in [0.4, 0.5) is 11.4 Å². The lowest BCUT2D eigenvalue weighted by Crippen LogP contribution is -2.37. The molecular formula is C14H22N2. The maximum Gasteiger partial charge on any atom is 0.0421 e. The molecule has 16 heavy (non-hydrogen) atoms. The lowest BCUT2D eigenvalue weighted by molar-refractivity contribution is 0.554. The van der Waals surface area contributed by atoms with Crippen molar-refractivity contribution in [1.29, 1.82) is 0 Å². The highest BCUT2D eigenvalue weighted by Crippen LogP contribution is 2.31. The Morgan fingerprint density at radius 3 is 3.00 bits per heavy atom. The van der Waals surface area contributed by atoms with E-state index in [4.69, 9.17) is 5.73 Å². The van der Waals surface area contributed by atoms with Crippen LogP contribution in [0, 0.1) is 0 Å². The molecule has 2 rings (SSSR count). The van der Waals surface area contributed by atoms with Gasteiger partial charge in [-0.1, -0.05) is 19.4 Å². The molecular weight excluding hydrogens is 196 g/mol. The molecule has 0 amide bonds. The second-order valence-electron chi connectivity index (χ2n) is 4.82. The minimum Gasteiger partial charge on any atom is -0.399 e. The second kappa shape index (κ2) is 4.77. The molecule has 88 valence electrons. The number of hydrogen-bond acceptors (Lipinski definition) is 2. The molecule has 2 nitrogen and oxygen atoms in total. The van der Waals surface area contributed by atoms with Gasteiger partial charge in [-0.25, -0.2) is 0 Å². The Morgan fingerprint density at radius 1 is 1.44 bits per heavy atom. The average Bonchev–Trinajstić information content (AvgIpc) is 2.28. The van der Waals surface area contributed by atoms with Crippen molar-refractivity contribution in [2.75, 3.05) is 17.2 Å². The number of aryl methyl sites for hydroxylation is 1. The molecule has 1 aliphatic heterocycles. The Hall–Kier alpha value is -1.18. The van der Waals surface area contributed by atoms with Gasteiger partial charge in [0.2, 0.25) is 0 Å². The number of benzene rings is 1. The fraction of sp³-hybridized carbons (Fsp3) is 0.571. The smallest absolute Gasteiger partial charge is 0.0421 e. The Kier molecular flexibility index (Phi) is 3.37. The van der Waals surface area contributed by atoms with Gasteiger partial charge in [-0.2, -0.15) is 0 Å². The molecule has 0 aliphatic carbocycles. The molecule has 0 radical (unpaired) electrons. The summed E-state index contributed by atoms with van der Waals surface area (Å²) in [6.07, 6.45) is 4.97. The fourth-order valence-electron chi connectivity index (χ4n) is 2.65. The molecule has 1 aliphatic rings. The van der Waals surface area contributed by atoms with E-state index in [1.165, 1.54) is 43.5 Å². The zero-order valence-corrected chi connectivity index (χ0v) is 10.4. The number of fused-ring (bicyclic) bond motifs is 1. The van der Waals surface area contributed by atoms with Crippen LogP contribution in [0.5, 0.6) is 0 Å². The highest BCUT2D eigenvalue weighted by molar-refractivity contribution is 5.63. The van der Waals surface area contributed by atoms with Crippen LogP contribution in [0.2, 0.25) is 0 Å². The summed E-state index contributed by atoms with van der Waals surface area (Å²) < 4.78 is 0. The van der Waals surface area contributed by atoms with Gasteiger partial charge in [0.25, 0.3) is 0 Å². The van der Waals surface area contributed by atoms with Crippen molar-refractivity contribution in [2.24, 2.45) is 0 Å². The van der Waals surface area contributed by atoms with Crippen molar-refractivity contribution in [3.8, 4) is 0 Å². The van der Waals surface area contributed by atoms with E-state index in [0.29, 0.717) is 6.04 Å². The SMILES string of the molecule is CCCC(C)N1CCCc2ccc(N)cc21. The Balaban J connectivity index is 2.27. The molecule has 0 spiro atoms. The summed E-state index contributed by atoms with van der Waals surface area (Å²) in [6.45, 7) is 5.75. The van der Waals surface area contributed by atoms with Crippen LogP contribution in [0.25, 0.3) is 0 Å². The van der Waals surface area contributed by atoms with Crippen molar-refractivity contribution in [3.05, 3.63) is 23.8 Å². The third-order valence-electron chi connectivity index (χ3n) is 3.50. The molecule has 1 aromatic rings. The molecule has 1 heterocycles. The second-order valence-corrected chi connectivity index (χ2v) is 4.82. The van der Waals surface area contributed by atoms with Gasteiger partial charge in [0.15, 0.2) is 0 Å². The molecule has 2 N–H and O–H groups in total. The van der Waals surface area contributed by atoms with Crippen molar-refractivity contribution in [1.82, 2.24) is 0 Å². The van der Waals surface area contributed by atoms with Crippen molar-refractivity contribution < 1.29 is 0 Å². The van der Waals surface area contributed by atoms with Crippen LogP contribution >= 0.6 is 0 Å². The predicted octanol–water partition coefficient (Wildman–Crippen LogP) is 3.21. The minimum atomic E-state index is 0.630. The fourth-order valence-corrected chi connectivity index (χ4v) is 2.65. The van der Waals surface area contributed by atoms with Gasteiger partial charge in [-0.05, 0) is 43.9 Å². The first-order chi connectivity index (χ1) is 7.72. The van der Waals surface area contributed by atoms with Gasteiger partial charge >= 0.3 is 0 Å². The van der Waals surface area contributed by atoms with Gasteiger partial charge in [-0.15, -0.1) is 0 Å². The standard InChI is InChI=1S/C14H22N2/c1-3-5-11(2)16-9-4-6-12-7-8-13(15)10-14(12)16/h7-8,10-11H,3-6,9,15H2,1-2H3. The van der Waals surface area contributed by atoms with Gasteiger partial charge < -0.3 is 10.6 Å². The monoisotopic (exact) mass is 218 g/mol. The van der Waals surface area contributed by atoms with E-state index in [0.717, 1.165) is 5.69 Å². The van der Waals surface area contributed by atoms with E-state index in [1.54, 1.807) is 0 Å². The summed E-state index contributed by atoms with van der Waals surface area (Å²) in [5, 5.41) is 0. The summed E-state index contributed by atoms with van der Waals surface area (Å²) in [6, 6.07) is 6.98. The van der Waals surface area contributed by atoms with Gasteiger partial charge in [-0.3, -0.25) is 0 Å². The Morgan fingerprint density at radius 2 is 2.25 bits per heavy atom. The summed E-state index contributed by atoms with van der Waals surface area (Å²) in [5.74, 6) is 0. The third-order valence-corrected chi connectivity index (χ3v) is 3.50. The molecule has 0 fully saturated rings. The van der Waals surface area contributed by atoms with Crippen LogP contribution in [-0.4, -0.2) is 12.6 Å². The van der Waals surface area contributed by atoms with Gasteiger partial charge in [0.05, 0.1) is 0 Å². The number of rotatable bonds is 3. The molecule has 0 saturated heterocycles. The largest absolute Gasteiger partial charge is 0.399 e. The minimum absolute atomic E-state index is 0.630. The Labute approximate surface area is 98.4 Å². The van der Waals surface area contributed by atoms with E-state index in [1.807, 2.05) is 6.07 Å². The first-order valence-corrected chi connectivity index (χ1v) is 6.37. The van der Waals surface area contributed by atoms with Crippen LogP contribution in [0.15, 0.2) is 18.2 Å². The molecule has 0 aromatic heterocycles. The number of nitrogens with two attached hydrogens (primary N) is 1. The van der Waals surface area contributed by atoms with Crippen LogP contribution in [0.1, 0.15) is 38.7 Å². The number of nitrogen functional groups attached to an aromatic ring is 1. The average molecular weight is 218 g/mol. The molecule has 0 saturated carbocycles.